The van der Waals surface area contributed by atoms with Crippen LogP contribution in [0.5, 0.6) is 5.75 Å². The van der Waals surface area contributed by atoms with Crippen molar-refractivity contribution in [2.45, 2.75) is 39.3 Å². The lowest BCUT2D eigenvalue weighted by Gasteiger charge is -2.48. The molecule has 0 aliphatic carbocycles. The molecule has 7 heteroatoms. The molecule has 2 aliphatic rings. The molecule has 0 N–H and O–H groups in total. The summed E-state index contributed by atoms with van der Waals surface area (Å²) in [5.74, 6) is 0.664. The lowest BCUT2D eigenvalue weighted by Crippen LogP contribution is -2.64. The van der Waals surface area contributed by atoms with Crippen molar-refractivity contribution in [1.82, 2.24) is 14.7 Å². The predicted molar refractivity (Wildman–Crippen MR) is 107 cm³/mol. The topological polar surface area (TPSA) is 62.3 Å². The number of amides is 2. The Bertz CT molecular complexity index is 702. The zero-order chi connectivity index (χ0) is 20.3. The molecule has 0 bridgehead atoms. The minimum Gasteiger partial charge on any atom is -0.493 e. The van der Waals surface area contributed by atoms with Crippen molar-refractivity contribution in [2.75, 3.05) is 45.9 Å². The van der Waals surface area contributed by atoms with E-state index in [0.29, 0.717) is 50.1 Å². The molecule has 0 atom stereocenters. The van der Waals surface area contributed by atoms with Crippen LogP contribution < -0.4 is 4.74 Å². The molecule has 2 heterocycles. The summed E-state index contributed by atoms with van der Waals surface area (Å²) < 4.78 is 11.0. The number of hydrogen-bond donors (Lipinski definition) is 0. The zero-order valence-corrected chi connectivity index (χ0v) is 17.3. The van der Waals surface area contributed by atoms with Crippen LogP contribution in [0, 0.1) is 0 Å². The van der Waals surface area contributed by atoms with Gasteiger partial charge in [0.05, 0.1) is 12.2 Å². The highest BCUT2D eigenvalue weighted by molar-refractivity contribution is 5.97. The number of rotatable bonds is 4. The Kier molecular flexibility index (Phi) is 6.13. The van der Waals surface area contributed by atoms with Crippen LogP contribution in [-0.4, -0.2) is 84.2 Å². The van der Waals surface area contributed by atoms with Crippen molar-refractivity contribution in [2.24, 2.45) is 0 Å². The normalized spacial score (nSPS) is 18.6. The van der Waals surface area contributed by atoms with Crippen molar-refractivity contribution in [3.63, 3.8) is 0 Å². The van der Waals surface area contributed by atoms with E-state index in [2.05, 4.69) is 4.90 Å². The summed E-state index contributed by atoms with van der Waals surface area (Å²) >= 11 is 0. The number of benzene rings is 1. The van der Waals surface area contributed by atoms with Crippen molar-refractivity contribution < 1.29 is 19.1 Å². The van der Waals surface area contributed by atoms with E-state index in [0.717, 1.165) is 13.1 Å². The van der Waals surface area contributed by atoms with Crippen LogP contribution in [0.2, 0.25) is 0 Å². The van der Waals surface area contributed by atoms with Crippen LogP contribution in [0.1, 0.15) is 38.1 Å². The van der Waals surface area contributed by atoms with Crippen LogP contribution in [0.25, 0.3) is 0 Å². The van der Waals surface area contributed by atoms with E-state index in [-0.39, 0.29) is 12.0 Å². The summed E-state index contributed by atoms with van der Waals surface area (Å²) in [6.45, 7) is 12.5. The molecule has 2 amide bonds. The first-order valence-corrected chi connectivity index (χ1v) is 10.0. The zero-order valence-electron chi connectivity index (χ0n) is 17.3. The lowest BCUT2D eigenvalue weighted by atomic mass is 10.1. The molecule has 0 spiro atoms. The highest BCUT2D eigenvalue weighted by atomic mass is 16.6. The summed E-state index contributed by atoms with van der Waals surface area (Å²) in [5, 5.41) is 0. The van der Waals surface area contributed by atoms with Crippen molar-refractivity contribution >= 4 is 12.0 Å². The monoisotopic (exact) mass is 389 g/mol. The molecule has 2 aliphatic heterocycles. The highest BCUT2D eigenvalue weighted by Gasteiger charge is 2.38. The van der Waals surface area contributed by atoms with Gasteiger partial charge in [-0.3, -0.25) is 9.69 Å². The smallest absolute Gasteiger partial charge is 0.410 e. The second-order valence-electron chi connectivity index (χ2n) is 8.30. The van der Waals surface area contributed by atoms with Crippen LogP contribution >= 0.6 is 0 Å². The maximum atomic E-state index is 12.9. The van der Waals surface area contributed by atoms with Crippen LogP contribution in [0.3, 0.4) is 0 Å². The summed E-state index contributed by atoms with van der Waals surface area (Å²) in [6.07, 6.45) is -0.245. The van der Waals surface area contributed by atoms with Gasteiger partial charge in [0.2, 0.25) is 0 Å². The Morgan fingerprint density at radius 2 is 1.68 bits per heavy atom. The van der Waals surface area contributed by atoms with Crippen molar-refractivity contribution in [3.05, 3.63) is 29.8 Å². The van der Waals surface area contributed by atoms with Crippen LogP contribution in [0.4, 0.5) is 4.79 Å². The SMILES string of the molecule is CCOc1ccccc1C(=O)N1CCN(C2CN(C(=O)OC(C)(C)C)C2)CC1. The summed E-state index contributed by atoms with van der Waals surface area (Å²) in [4.78, 5) is 31.0. The molecule has 2 fully saturated rings. The van der Waals surface area contributed by atoms with E-state index in [4.69, 9.17) is 9.47 Å². The fraction of sp³-hybridized carbons (Fsp3) is 0.619. The average molecular weight is 389 g/mol. The number of nitrogens with zero attached hydrogens (tertiary/aromatic N) is 3. The van der Waals surface area contributed by atoms with Crippen LogP contribution in [0.15, 0.2) is 24.3 Å². The lowest BCUT2D eigenvalue weighted by molar-refractivity contribution is -0.0231. The predicted octanol–water partition coefficient (Wildman–Crippen LogP) is 2.46. The van der Waals surface area contributed by atoms with Gasteiger partial charge in [0.1, 0.15) is 11.4 Å². The first kappa shape index (κ1) is 20.5. The molecule has 154 valence electrons. The first-order valence-electron chi connectivity index (χ1n) is 10.0. The molecule has 3 rings (SSSR count). The fourth-order valence-corrected chi connectivity index (χ4v) is 3.55. The van der Waals surface area contributed by atoms with Gasteiger partial charge in [-0.25, -0.2) is 4.79 Å². The van der Waals surface area contributed by atoms with Gasteiger partial charge in [-0.2, -0.15) is 0 Å². The molecular weight excluding hydrogens is 358 g/mol. The summed E-state index contributed by atoms with van der Waals surface area (Å²) in [7, 11) is 0. The number of para-hydroxylation sites is 1. The third-order valence-electron chi connectivity index (χ3n) is 5.05. The van der Waals surface area contributed by atoms with Gasteiger partial charge in [-0.1, -0.05) is 12.1 Å². The molecule has 7 nitrogen and oxygen atoms in total. The Hall–Kier alpha value is -2.28. The van der Waals surface area contributed by atoms with Crippen molar-refractivity contribution in [3.8, 4) is 5.75 Å². The van der Waals surface area contributed by atoms with E-state index in [9.17, 15) is 9.59 Å². The second-order valence-corrected chi connectivity index (χ2v) is 8.30. The maximum absolute atomic E-state index is 12.9. The number of ether oxygens (including phenoxy) is 2. The number of carbonyl (C=O) groups excluding carboxylic acids is 2. The summed E-state index contributed by atoms with van der Waals surface area (Å²) in [6, 6.07) is 7.76. The fourth-order valence-electron chi connectivity index (χ4n) is 3.55. The Morgan fingerprint density at radius 1 is 1.04 bits per heavy atom. The molecule has 28 heavy (non-hydrogen) atoms. The van der Waals surface area contributed by atoms with E-state index < -0.39 is 5.60 Å². The number of hydrogen-bond acceptors (Lipinski definition) is 5. The number of likely N-dealkylation sites (tertiary alicyclic amines) is 1. The maximum Gasteiger partial charge on any atom is 0.410 e. The molecule has 1 aromatic carbocycles. The molecule has 0 saturated carbocycles. The van der Waals surface area contributed by atoms with Gasteiger partial charge >= 0.3 is 6.09 Å². The first-order chi connectivity index (χ1) is 13.3. The van der Waals surface area contributed by atoms with E-state index in [1.54, 1.807) is 4.90 Å². The molecule has 2 saturated heterocycles. The molecular formula is C21H31N3O4. The van der Waals surface area contributed by atoms with Gasteiger partial charge < -0.3 is 19.3 Å². The minimum absolute atomic E-state index is 0.0210. The molecule has 0 aromatic heterocycles. The van der Waals surface area contributed by atoms with Gasteiger partial charge in [0.25, 0.3) is 5.91 Å². The minimum atomic E-state index is -0.466. The van der Waals surface area contributed by atoms with Gasteiger partial charge in [0, 0.05) is 45.3 Å². The largest absolute Gasteiger partial charge is 0.493 e. The molecule has 0 radical (unpaired) electrons. The van der Waals surface area contributed by atoms with E-state index in [1.807, 2.05) is 56.9 Å². The average Bonchev–Trinajstić information content (AvgIpc) is 2.60. The van der Waals surface area contributed by atoms with Crippen molar-refractivity contribution in [1.29, 1.82) is 0 Å². The van der Waals surface area contributed by atoms with E-state index in [1.165, 1.54) is 0 Å². The summed E-state index contributed by atoms with van der Waals surface area (Å²) in [5.41, 5.74) is 0.156. The van der Waals surface area contributed by atoms with Gasteiger partial charge in [-0.15, -0.1) is 0 Å². The molecule has 1 aromatic rings. The Balaban J connectivity index is 1.48. The molecule has 0 unspecified atom stereocenters. The highest BCUT2D eigenvalue weighted by Crippen LogP contribution is 2.23. The number of piperazine rings is 1. The quantitative estimate of drug-likeness (QED) is 0.792. The van der Waals surface area contributed by atoms with Crippen LogP contribution in [-0.2, 0) is 4.74 Å². The van der Waals surface area contributed by atoms with Gasteiger partial charge in [-0.05, 0) is 39.8 Å². The third kappa shape index (κ3) is 4.76. The van der Waals surface area contributed by atoms with Gasteiger partial charge in [0.15, 0.2) is 0 Å². The standard InChI is InChI=1S/C21H31N3O4/c1-5-27-18-9-7-6-8-17(18)19(25)23-12-10-22(11-13-23)16-14-24(15-16)20(26)28-21(2,3)4/h6-9,16H,5,10-15H2,1-4H3. The van der Waals surface area contributed by atoms with E-state index >= 15 is 0 Å². The second kappa shape index (κ2) is 8.39. The Labute approximate surface area is 167 Å². The Morgan fingerprint density at radius 3 is 2.29 bits per heavy atom. The third-order valence-corrected chi connectivity index (χ3v) is 5.05. The number of carbonyl (C=O) groups is 2.